The number of para-hydroxylation sites is 1. The molecule has 0 N–H and O–H groups in total. The van der Waals surface area contributed by atoms with E-state index < -0.39 is 4.92 Å². The Kier molecular flexibility index (Phi) is 5.63. The fourth-order valence-electron chi connectivity index (χ4n) is 2.37. The minimum atomic E-state index is -0.559. The molecule has 136 valence electrons. The summed E-state index contributed by atoms with van der Waals surface area (Å²) in [6.45, 7) is 1.86. The molecule has 0 atom stereocenters. The maximum Gasteiger partial charge on any atom is 0.288 e. The maximum atomic E-state index is 12.9. The Bertz CT molecular complexity index is 1020. The van der Waals surface area contributed by atoms with E-state index in [4.69, 9.17) is 11.6 Å². The first-order valence-corrected chi connectivity index (χ1v) is 9.15. The lowest BCUT2D eigenvalue weighted by Gasteiger charge is -2.18. The van der Waals surface area contributed by atoms with Crippen molar-refractivity contribution in [3.63, 3.8) is 0 Å². The fraction of sp³-hybridized carbons (Fsp3) is 0.0526. The van der Waals surface area contributed by atoms with Crippen LogP contribution in [0.5, 0.6) is 0 Å². The number of carbonyl (C=O) groups excluding carboxylic acids is 1. The van der Waals surface area contributed by atoms with Crippen LogP contribution in [0.4, 0.5) is 16.5 Å². The van der Waals surface area contributed by atoms with Crippen molar-refractivity contribution in [1.29, 1.82) is 0 Å². The lowest BCUT2D eigenvalue weighted by molar-refractivity contribution is -0.384. The van der Waals surface area contributed by atoms with Crippen LogP contribution >= 0.6 is 22.9 Å². The molecule has 3 rings (SSSR count). The van der Waals surface area contributed by atoms with Crippen molar-refractivity contribution in [1.82, 2.24) is 4.98 Å². The molecule has 1 aromatic heterocycles. The van der Waals surface area contributed by atoms with Crippen molar-refractivity contribution >= 4 is 51.4 Å². The predicted octanol–water partition coefficient (Wildman–Crippen LogP) is 5.39. The van der Waals surface area contributed by atoms with Crippen LogP contribution in [0.25, 0.3) is 6.08 Å². The van der Waals surface area contributed by atoms with Crippen LogP contribution in [-0.4, -0.2) is 15.8 Å². The number of anilines is 2. The van der Waals surface area contributed by atoms with Crippen LogP contribution in [0, 0.1) is 17.0 Å². The number of nitro benzene ring substituents is 1. The molecular weight excluding hydrogens is 386 g/mol. The van der Waals surface area contributed by atoms with Gasteiger partial charge in [-0.2, -0.15) is 0 Å². The van der Waals surface area contributed by atoms with Gasteiger partial charge in [0.15, 0.2) is 5.13 Å². The second-order valence-corrected chi connectivity index (χ2v) is 6.83. The van der Waals surface area contributed by atoms with E-state index in [2.05, 4.69) is 4.98 Å². The number of amides is 1. The average Bonchev–Trinajstić information content (AvgIpc) is 3.07. The number of nitro groups is 1. The second-order valence-electron chi connectivity index (χ2n) is 5.58. The van der Waals surface area contributed by atoms with Gasteiger partial charge in [0.25, 0.3) is 11.6 Å². The summed E-state index contributed by atoms with van der Waals surface area (Å²) < 4.78 is 0. The van der Waals surface area contributed by atoms with Crippen LogP contribution in [0.3, 0.4) is 0 Å². The van der Waals surface area contributed by atoms with E-state index in [9.17, 15) is 14.9 Å². The van der Waals surface area contributed by atoms with Crippen LogP contribution in [-0.2, 0) is 4.79 Å². The van der Waals surface area contributed by atoms with Crippen LogP contribution in [0.15, 0.2) is 60.0 Å². The lowest BCUT2D eigenvalue weighted by atomic mass is 10.2. The van der Waals surface area contributed by atoms with Gasteiger partial charge in [-0.05, 0) is 36.8 Å². The highest BCUT2D eigenvalue weighted by Crippen LogP contribution is 2.29. The molecule has 0 saturated heterocycles. The van der Waals surface area contributed by atoms with Crippen molar-refractivity contribution in [2.75, 3.05) is 4.90 Å². The average molecular weight is 400 g/mol. The zero-order valence-corrected chi connectivity index (χ0v) is 15.8. The highest BCUT2D eigenvalue weighted by atomic mass is 35.5. The van der Waals surface area contributed by atoms with Crippen molar-refractivity contribution in [3.05, 3.63) is 86.4 Å². The van der Waals surface area contributed by atoms with Crippen LogP contribution < -0.4 is 4.90 Å². The summed E-state index contributed by atoms with van der Waals surface area (Å²) in [5.41, 5.74) is 1.80. The van der Waals surface area contributed by atoms with Gasteiger partial charge in [0.05, 0.1) is 16.3 Å². The Morgan fingerprint density at radius 3 is 2.63 bits per heavy atom. The minimum absolute atomic E-state index is 0.0487. The number of benzene rings is 2. The Morgan fingerprint density at radius 2 is 2.00 bits per heavy atom. The first-order chi connectivity index (χ1) is 13.0. The van der Waals surface area contributed by atoms with E-state index in [1.807, 2.05) is 42.6 Å². The molecule has 0 fully saturated rings. The molecule has 1 heterocycles. The van der Waals surface area contributed by atoms with Gasteiger partial charge in [-0.3, -0.25) is 19.8 Å². The molecule has 0 unspecified atom stereocenters. The normalized spacial score (nSPS) is 10.9. The molecule has 0 saturated carbocycles. The third-order valence-corrected chi connectivity index (χ3v) is 4.88. The summed E-state index contributed by atoms with van der Waals surface area (Å²) in [6.07, 6.45) is 2.87. The standard InChI is InChI=1S/C19H14ClN3O3S/c1-13-12-27-19(21-13)22(15-5-3-2-4-6-15)18(24)10-8-14-7-9-16(20)17(11-14)23(25)26/h2-12H,1H3/b10-8-. The Hall–Kier alpha value is -3.03. The van der Waals surface area contributed by atoms with E-state index in [0.717, 1.165) is 5.69 Å². The number of nitrogens with zero attached hydrogens (tertiary/aromatic N) is 3. The van der Waals surface area contributed by atoms with Crippen molar-refractivity contribution in [2.45, 2.75) is 6.92 Å². The van der Waals surface area contributed by atoms with Gasteiger partial charge in [0.2, 0.25) is 0 Å². The number of aryl methyl sites for hydroxylation is 1. The molecule has 0 aliphatic carbocycles. The molecule has 0 spiro atoms. The SMILES string of the molecule is Cc1csc(N(C(=O)/C=C\c2ccc(Cl)c([N+](=O)[O-])c2)c2ccccc2)n1. The summed E-state index contributed by atoms with van der Waals surface area (Å²) in [5.74, 6) is -0.312. The molecule has 0 radical (unpaired) electrons. The molecule has 0 aliphatic heterocycles. The Morgan fingerprint density at radius 1 is 1.26 bits per heavy atom. The third kappa shape index (κ3) is 4.39. The summed E-state index contributed by atoms with van der Waals surface area (Å²) in [4.78, 5) is 29.2. The van der Waals surface area contributed by atoms with Crippen LogP contribution in [0.2, 0.25) is 5.02 Å². The molecule has 6 nitrogen and oxygen atoms in total. The fourth-order valence-corrected chi connectivity index (χ4v) is 3.38. The summed E-state index contributed by atoms with van der Waals surface area (Å²) >= 11 is 7.18. The largest absolute Gasteiger partial charge is 0.288 e. The molecule has 27 heavy (non-hydrogen) atoms. The van der Waals surface area contributed by atoms with Gasteiger partial charge >= 0.3 is 0 Å². The van der Waals surface area contributed by atoms with Crippen molar-refractivity contribution in [2.24, 2.45) is 0 Å². The molecule has 0 bridgehead atoms. The molecule has 3 aromatic rings. The first kappa shape index (κ1) is 18.8. The molecular formula is C19H14ClN3O3S. The van der Waals surface area contributed by atoms with Crippen molar-refractivity contribution in [3.8, 4) is 0 Å². The summed E-state index contributed by atoms with van der Waals surface area (Å²) in [5, 5.41) is 13.5. The van der Waals surface area contributed by atoms with E-state index >= 15 is 0 Å². The number of rotatable bonds is 5. The first-order valence-electron chi connectivity index (χ1n) is 7.89. The number of halogens is 1. The van der Waals surface area contributed by atoms with Gasteiger partial charge in [0, 0.05) is 17.5 Å². The van der Waals surface area contributed by atoms with E-state index in [-0.39, 0.29) is 16.6 Å². The number of hydrogen-bond donors (Lipinski definition) is 0. The lowest BCUT2D eigenvalue weighted by Crippen LogP contribution is -2.23. The second kappa shape index (κ2) is 8.11. The zero-order valence-electron chi connectivity index (χ0n) is 14.2. The van der Waals surface area contributed by atoms with E-state index in [1.165, 1.54) is 40.5 Å². The van der Waals surface area contributed by atoms with E-state index in [1.54, 1.807) is 6.07 Å². The molecule has 8 heteroatoms. The number of carbonyl (C=O) groups is 1. The highest BCUT2D eigenvalue weighted by Gasteiger charge is 2.19. The Balaban J connectivity index is 1.92. The number of aromatic nitrogens is 1. The van der Waals surface area contributed by atoms with Gasteiger partial charge in [-0.25, -0.2) is 4.98 Å². The summed E-state index contributed by atoms with van der Waals surface area (Å²) in [6, 6.07) is 13.5. The number of hydrogen-bond acceptors (Lipinski definition) is 5. The Labute approximate surface area is 164 Å². The van der Waals surface area contributed by atoms with Crippen molar-refractivity contribution < 1.29 is 9.72 Å². The molecule has 1 amide bonds. The highest BCUT2D eigenvalue weighted by molar-refractivity contribution is 7.14. The summed E-state index contributed by atoms with van der Waals surface area (Å²) in [7, 11) is 0. The van der Waals surface area contributed by atoms with Gasteiger partial charge in [0.1, 0.15) is 5.02 Å². The molecule has 2 aromatic carbocycles. The smallest absolute Gasteiger partial charge is 0.269 e. The van der Waals surface area contributed by atoms with Gasteiger partial charge < -0.3 is 0 Å². The van der Waals surface area contributed by atoms with E-state index in [0.29, 0.717) is 16.4 Å². The topological polar surface area (TPSA) is 76.3 Å². The minimum Gasteiger partial charge on any atom is -0.269 e. The quantitative estimate of drug-likeness (QED) is 0.327. The third-order valence-electron chi connectivity index (χ3n) is 3.62. The maximum absolute atomic E-state index is 12.9. The monoisotopic (exact) mass is 399 g/mol. The van der Waals surface area contributed by atoms with Crippen LogP contribution in [0.1, 0.15) is 11.3 Å². The number of thiazole rings is 1. The van der Waals surface area contributed by atoms with Gasteiger partial charge in [-0.15, -0.1) is 11.3 Å². The zero-order chi connectivity index (χ0) is 19.4. The molecule has 0 aliphatic rings. The van der Waals surface area contributed by atoms with Gasteiger partial charge in [-0.1, -0.05) is 35.9 Å². The predicted molar refractivity (Wildman–Crippen MR) is 108 cm³/mol.